The molecule has 188 valence electrons. The van der Waals surface area contributed by atoms with Crippen LogP contribution in [-0.4, -0.2) is 52.5 Å². The van der Waals surface area contributed by atoms with E-state index in [0.29, 0.717) is 0 Å². The summed E-state index contributed by atoms with van der Waals surface area (Å²) in [7, 11) is 0. The van der Waals surface area contributed by atoms with Gasteiger partial charge in [0.05, 0.1) is 23.0 Å². The molecule has 1 aliphatic rings. The van der Waals surface area contributed by atoms with Crippen LogP contribution in [0.4, 0.5) is 4.79 Å². The maximum absolute atomic E-state index is 12.9. The molecule has 0 saturated heterocycles. The molecular weight excluding hydrogens is 448 g/mol. The fraction of sp³-hybridized carbons (Fsp3) is 0.444. The van der Waals surface area contributed by atoms with Crippen LogP contribution in [0.2, 0.25) is 0 Å². The molecule has 35 heavy (non-hydrogen) atoms. The maximum Gasteiger partial charge on any atom is 0.407 e. The van der Waals surface area contributed by atoms with Gasteiger partial charge in [0.15, 0.2) is 0 Å². The molecule has 0 fully saturated rings. The van der Waals surface area contributed by atoms with Crippen molar-refractivity contribution >= 4 is 18.0 Å². The molecule has 4 N–H and O–H groups in total. The minimum atomic E-state index is -1.60. The van der Waals surface area contributed by atoms with E-state index in [4.69, 9.17) is 9.84 Å². The first-order valence-electron chi connectivity index (χ1n) is 11.6. The molecule has 0 bridgehead atoms. The van der Waals surface area contributed by atoms with Crippen LogP contribution >= 0.6 is 0 Å². The monoisotopic (exact) mass is 482 g/mol. The van der Waals surface area contributed by atoms with Gasteiger partial charge in [-0.2, -0.15) is 0 Å². The summed E-state index contributed by atoms with van der Waals surface area (Å²) in [5, 5.41) is 24.5. The lowest BCUT2D eigenvalue weighted by Gasteiger charge is -2.41. The van der Waals surface area contributed by atoms with Crippen LogP contribution in [-0.2, 0) is 14.3 Å². The molecule has 0 saturated carbocycles. The second kappa shape index (κ2) is 9.70. The third-order valence-electron chi connectivity index (χ3n) is 7.05. The highest BCUT2D eigenvalue weighted by Gasteiger charge is 2.45. The molecule has 0 heterocycles. The quantitative estimate of drug-likeness (QED) is 0.432. The number of hydrogen-bond donors (Lipinski definition) is 4. The third kappa shape index (κ3) is 5.65. The van der Waals surface area contributed by atoms with Crippen LogP contribution in [0, 0.1) is 5.41 Å². The Balaban J connectivity index is 1.63. The van der Waals surface area contributed by atoms with Crippen LogP contribution in [0.1, 0.15) is 58.1 Å². The van der Waals surface area contributed by atoms with E-state index in [0.717, 1.165) is 22.3 Å². The summed E-state index contributed by atoms with van der Waals surface area (Å²) in [6, 6.07) is 16.1. The number of carbonyl (C=O) groups excluding carboxylic acids is 2. The molecule has 0 radical (unpaired) electrons. The van der Waals surface area contributed by atoms with Gasteiger partial charge in [-0.25, -0.2) is 4.79 Å². The van der Waals surface area contributed by atoms with Crippen molar-refractivity contribution in [3.8, 4) is 11.1 Å². The lowest BCUT2D eigenvalue weighted by atomic mass is 9.73. The molecule has 0 spiro atoms. The fourth-order valence-corrected chi connectivity index (χ4v) is 4.21. The van der Waals surface area contributed by atoms with Crippen molar-refractivity contribution in [3.63, 3.8) is 0 Å². The third-order valence-corrected chi connectivity index (χ3v) is 7.05. The zero-order valence-corrected chi connectivity index (χ0v) is 20.8. The van der Waals surface area contributed by atoms with E-state index in [1.165, 1.54) is 6.92 Å². The Morgan fingerprint density at radius 3 is 1.94 bits per heavy atom. The summed E-state index contributed by atoms with van der Waals surface area (Å²) in [6.45, 7) is 8.01. The standard InChI is InChI=1S/C27H34N2O6/c1-25(2,23(32)28-16-27(5,34)14-22(30)31)26(3,4)29-24(33)35-15-21-19-12-8-6-10-17(19)18-11-7-9-13-20(18)21/h6-13,21,34H,14-16H2,1-5H3,(H,28,32)(H,29,33)(H,30,31). The van der Waals surface area contributed by atoms with E-state index in [1.54, 1.807) is 27.7 Å². The number of aliphatic hydroxyl groups is 1. The number of benzene rings is 2. The van der Waals surface area contributed by atoms with E-state index in [9.17, 15) is 19.5 Å². The predicted octanol–water partition coefficient (Wildman–Crippen LogP) is 3.67. The van der Waals surface area contributed by atoms with E-state index in [2.05, 4.69) is 22.8 Å². The molecule has 0 aliphatic heterocycles. The lowest BCUT2D eigenvalue weighted by molar-refractivity contribution is -0.143. The summed E-state index contributed by atoms with van der Waals surface area (Å²) in [6.07, 6.45) is -1.15. The van der Waals surface area contributed by atoms with Gasteiger partial charge in [-0.15, -0.1) is 0 Å². The van der Waals surface area contributed by atoms with Crippen LogP contribution < -0.4 is 10.6 Å². The zero-order chi connectivity index (χ0) is 26.0. The number of hydrogen-bond acceptors (Lipinski definition) is 5. The Morgan fingerprint density at radius 1 is 0.914 bits per heavy atom. The van der Waals surface area contributed by atoms with Crippen LogP contribution in [0.5, 0.6) is 0 Å². The van der Waals surface area contributed by atoms with E-state index >= 15 is 0 Å². The van der Waals surface area contributed by atoms with Crippen molar-refractivity contribution in [3.05, 3.63) is 59.7 Å². The normalized spacial score (nSPS) is 14.9. The van der Waals surface area contributed by atoms with Gasteiger partial charge in [0.25, 0.3) is 0 Å². The van der Waals surface area contributed by atoms with Gasteiger partial charge >= 0.3 is 12.1 Å². The molecule has 2 amide bonds. The number of carboxylic acid groups (broad SMARTS) is 1. The second-order valence-corrected chi connectivity index (χ2v) is 10.5. The van der Waals surface area contributed by atoms with Crippen LogP contribution in [0.15, 0.2) is 48.5 Å². The van der Waals surface area contributed by atoms with Gasteiger partial charge in [0.1, 0.15) is 6.61 Å². The summed E-state index contributed by atoms with van der Waals surface area (Å²) in [4.78, 5) is 36.6. The number of alkyl carbamates (subject to hydrolysis) is 1. The highest BCUT2D eigenvalue weighted by atomic mass is 16.5. The molecule has 8 heteroatoms. The average Bonchev–Trinajstić information content (AvgIpc) is 3.08. The zero-order valence-electron chi connectivity index (χ0n) is 20.8. The first kappa shape index (κ1) is 26.2. The maximum atomic E-state index is 12.9. The molecule has 2 aromatic rings. The Kier molecular flexibility index (Phi) is 7.26. The van der Waals surface area contributed by atoms with E-state index < -0.39 is 40.9 Å². The van der Waals surface area contributed by atoms with Crippen molar-refractivity contribution in [2.45, 2.75) is 58.1 Å². The number of carbonyl (C=O) groups is 3. The number of aliphatic carboxylic acids is 1. The van der Waals surface area contributed by atoms with Gasteiger partial charge < -0.3 is 25.6 Å². The van der Waals surface area contributed by atoms with Crippen molar-refractivity contribution < 1.29 is 29.3 Å². The van der Waals surface area contributed by atoms with Crippen LogP contribution in [0.3, 0.4) is 0 Å². The summed E-state index contributed by atoms with van der Waals surface area (Å²) >= 11 is 0. The summed E-state index contributed by atoms with van der Waals surface area (Å²) < 4.78 is 5.62. The molecule has 2 aromatic carbocycles. The van der Waals surface area contributed by atoms with Gasteiger partial charge in [-0.05, 0) is 56.9 Å². The van der Waals surface area contributed by atoms with Gasteiger partial charge in [-0.3, -0.25) is 9.59 Å². The lowest BCUT2D eigenvalue weighted by Crippen LogP contribution is -2.60. The number of fused-ring (bicyclic) bond motifs is 3. The Morgan fingerprint density at radius 2 is 1.43 bits per heavy atom. The average molecular weight is 483 g/mol. The van der Waals surface area contributed by atoms with Crippen molar-refractivity contribution in [1.82, 2.24) is 10.6 Å². The van der Waals surface area contributed by atoms with Crippen molar-refractivity contribution in [2.24, 2.45) is 5.41 Å². The van der Waals surface area contributed by atoms with E-state index in [1.807, 2.05) is 36.4 Å². The van der Waals surface area contributed by atoms with Crippen LogP contribution in [0.25, 0.3) is 11.1 Å². The Bertz CT molecular complexity index is 1080. The summed E-state index contributed by atoms with van der Waals surface area (Å²) in [5.74, 6) is -1.68. The Hall–Kier alpha value is -3.39. The second-order valence-electron chi connectivity index (χ2n) is 10.5. The first-order valence-corrected chi connectivity index (χ1v) is 11.6. The molecule has 8 nitrogen and oxygen atoms in total. The number of rotatable bonds is 9. The number of amides is 2. The molecular formula is C27H34N2O6. The number of nitrogens with one attached hydrogen (secondary N) is 2. The Labute approximate surface area is 205 Å². The predicted molar refractivity (Wildman–Crippen MR) is 132 cm³/mol. The SMILES string of the molecule is CC(O)(CNC(=O)C(C)(C)C(C)(C)NC(=O)OCC1c2ccccc2-c2ccccc21)CC(=O)O. The smallest absolute Gasteiger partial charge is 0.407 e. The van der Waals surface area contributed by atoms with Gasteiger partial charge in [0, 0.05) is 12.5 Å². The minimum absolute atomic E-state index is 0.0796. The van der Waals surface area contributed by atoms with Crippen molar-refractivity contribution in [2.75, 3.05) is 13.2 Å². The largest absolute Gasteiger partial charge is 0.481 e. The first-order chi connectivity index (χ1) is 16.2. The minimum Gasteiger partial charge on any atom is -0.481 e. The number of ether oxygens (including phenoxy) is 1. The molecule has 1 unspecified atom stereocenters. The molecule has 1 atom stereocenters. The fourth-order valence-electron chi connectivity index (χ4n) is 4.21. The number of carboxylic acids is 1. The molecule has 3 rings (SSSR count). The topological polar surface area (TPSA) is 125 Å². The highest BCUT2D eigenvalue weighted by molar-refractivity contribution is 5.84. The van der Waals surface area contributed by atoms with E-state index in [-0.39, 0.29) is 19.1 Å². The molecule has 1 aliphatic carbocycles. The van der Waals surface area contributed by atoms with Gasteiger partial charge in [0.2, 0.25) is 5.91 Å². The van der Waals surface area contributed by atoms with Gasteiger partial charge in [-0.1, -0.05) is 48.5 Å². The van der Waals surface area contributed by atoms with Crippen molar-refractivity contribution in [1.29, 1.82) is 0 Å². The summed E-state index contributed by atoms with van der Waals surface area (Å²) in [5.41, 5.74) is 0.767. The molecule has 0 aromatic heterocycles. The highest BCUT2D eigenvalue weighted by Crippen LogP contribution is 2.44.